The van der Waals surface area contributed by atoms with Crippen LogP contribution in [0.3, 0.4) is 0 Å². The summed E-state index contributed by atoms with van der Waals surface area (Å²) in [6, 6.07) is 6.70. The molecule has 3 N–H and O–H groups in total. The van der Waals surface area contributed by atoms with E-state index < -0.39 is 10.5 Å². The molecule has 0 amide bonds. The first-order chi connectivity index (χ1) is 13.9. The highest BCUT2D eigenvalue weighted by molar-refractivity contribution is 8.93. The zero-order valence-electron chi connectivity index (χ0n) is 15.9. The van der Waals surface area contributed by atoms with E-state index in [1.807, 2.05) is 0 Å². The zero-order chi connectivity index (χ0) is 20.9. The molecular formula is C20H18BrN3O6. The van der Waals surface area contributed by atoms with Crippen molar-refractivity contribution in [1.82, 2.24) is 4.57 Å². The van der Waals surface area contributed by atoms with Crippen LogP contribution in [0.5, 0.6) is 11.5 Å². The number of hydrogen-bond acceptors (Lipinski definition) is 7. The second-order valence-electron chi connectivity index (χ2n) is 6.71. The van der Waals surface area contributed by atoms with Gasteiger partial charge in [-0.2, -0.15) is 0 Å². The van der Waals surface area contributed by atoms with Crippen molar-refractivity contribution in [3.8, 4) is 22.8 Å². The van der Waals surface area contributed by atoms with Gasteiger partial charge in [-0.1, -0.05) is 0 Å². The van der Waals surface area contributed by atoms with Gasteiger partial charge in [0.25, 0.3) is 11.2 Å². The van der Waals surface area contributed by atoms with Crippen LogP contribution in [0.25, 0.3) is 22.0 Å². The predicted molar refractivity (Wildman–Crippen MR) is 116 cm³/mol. The highest BCUT2D eigenvalue weighted by atomic mass is 79.9. The molecule has 0 radical (unpaired) electrons. The molecule has 156 valence electrons. The predicted octanol–water partition coefficient (Wildman–Crippen LogP) is 2.76. The number of nitrogens with two attached hydrogens (primary N) is 1. The first kappa shape index (κ1) is 21.5. The van der Waals surface area contributed by atoms with Crippen molar-refractivity contribution in [1.29, 1.82) is 0 Å². The fourth-order valence-electron chi connectivity index (χ4n) is 3.77. The summed E-state index contributed by atoms with van der Waals surface area (Å²) in [7, 11) is 1.37. The molecule has 0 unspecified atom stereocenters. The summed E-state index contributed by atoms with van der Waals surface area (Å²) < 4.78 is 6.51. The molecule has 9 nitrogen and oxygen atoms in total. The first-order valence-corrected chi connectivity index (χ1v) is 8.90. The number of ether oxygens (including phenoxy) is 1. The van der Waals surface area contributed by atoms with Crippen molar-refractivity contribution in [2.45, 2.75) is 13.0 Å². The largest absolute Gasteiger partial charge is 0.504 e. The van der Waals surface area contributed by atoms with E-state index in [1.54, 1.807) is 0 Å². The van der Waals surface area contributed by atoms with E-state index >= 15 is 0 Å². The van der Waals surface area contributed by atoms with Crippen LogP contribution in [0.4, 0.5) is 5.69 Å². The van der Waals surface area contributed by atoms with Crippen LogP contribution < -0.4 is 16.0 Å². The molecule has 10 heteroatoms. The molecular weight excluding hydrogens is 458 g/mol. The molecule has 0 spiro atoms. The number of benzene rings is 2. The van der Waals surface area contributed by atoms with E-state index in [-0.39, 0.29) is 57.4 Å². The Hall–Kier alpha value is -3.24. The summed E-state index contributed by atoms with van der Waals surface area (Å²) in [5.74, 6) is -0.358. The number of ketones is 1. The maximum atomic E-state index is 13.2. The Labute approximate surface area is 180 Å². The number of hydrogen-bond donors (Lipinski definition) is 2. The molecule has 0 atom stereocenters. The third kappa shape index (κ3) is 3.04. The third-order valence-electron chi connectivity index (χ3n) is 5.10. The lowest BCUT2D eigenvalue weighted by molar-refractivity contribution is -0.384. The molecule has 1 aliphatic rings. The number of carbonyl (C=O) groups is 1. The molecule has 0 saturated heterocycles. The van der Waals surface area contributed by atoms with E-state index in [0.717, 1.165) is 0 Å². The maximum Gasteiger partial charge on any atom is 0.270 e. The molecule has 30 heavy (non-hydrogen) atoms. The summed E-state index contributed by atoms with van der Waals surface area (Å²) in [5.41, 5.74) is 6.28. The van der Waals surface area contributed by atoms with Crippen molar-refractivity contribution < 1.29 is 19.6 Å². The van der Waals surface area contributed by atoms with Gasteiger partial charge < -0.3 is 20.1 Å². The number of aromatic nitrogens is 1. The number of rotatable bonds is 5. The minimum atomic E-state index is -0.587. The highest BCUT2D eigenvalue weighted by Gasteiger charge is 2.34. The number of nitro groups is 1. The molecule has 1 aromatic heterocycles. The molecule has 0 saturated carbocycles. The third-order valence-corrected chi connectivity index (χ3v) is 5.10. The lowest BCUT2D eigenvalue weighted by Crippen LogP contribution is -2.24. The molecule has 4 rings (SSSR count). The van der Waals surface area contributed by atoms with Crippen molar-refractivity contribution in [3.05, 3.63) is 61.9 Å². The first-order valence-electron chi connectivity index (χ1n) is 8.90. The number of phenolic OH excluding ortho intramolecular Hbond substituents is 1. The lowest BCUT2D eigenvalue weighted by Gasteiger charge is -2.15. The Bertz CT molecular complexity index is 1270. The SMILES string of the molecule is Br.COc1cc2c(cc1O)-c1c(c3ccc([N+](=O)[O-])cc3c(=O)n1CCCN)C2=O. The maximum absolute atomic E-state index is 13.2. The van der Waals surface area contributed by atoms with Crippen LogP contribution in [0, 0.1) is 10.1 Å². The van der Waals surface area contributed by atoms with Gasteiger partial charge >= 0.3 is 0 Å². The Kier molecular flexibility index (Phi) is 5.64. The van der Waals surface area contributed by atoms with Crippen molar-refractivity contribution >= 4 is 39.2 Å². The molecule has 0 fully saturated rings. The average Bonchev–Trinajstić information content (AvgIpc) is 2.98. The second-order valence-corrected chi connectivity index (χ2v) is 6.71. The Balaban J connectivity index is 0.00000256. The lowest BCUT2D eigenvalue weighted by atomic mass is 10.0. The summed E-state index contributed by atoms with van der Waals surface area (Å²) >= 11 is 0. The van der Waals surface area contributed by atoms with E-state index in [0.29, 0.717) is 35.2 Å². The molecule has 2 aromatic carbocycles. The number of aromatic hydroxyl groups is 1. The molecule has 1 heterocycles. The number of nitrogens with zero attached hydrogens (tertiary/aromatic N) is 2. The van der Waals surface area contributed by atoms with Crippen molar-refractivity contribution in [2.24, 2.45) is 5.73 Å². The Morgan fingerprint density at radius 1 is 1.17 bits per heavy atom. The summed E-state index contributed by atoms with van der Waals surface area (Å²) in [6.45, 7) is 0.554. The van der Waals surface area contributed by atoms with Gasteiger partial charge in [0.15, 0.2) is 17.3 Å². The second kappa shape index (κ2) is 7.88. The van der Waals surface area contributed by atoms with Gasteiger partial charge in [-0.05, 0) is 31.2 Å². The Morgan fingerprint density at radius 2 is 1.90 bits per heavy atom. The minimum Gasteiger partial charge on any atom is -0.504 e. The van der Waals surface area contributed by atoms with Crippen LogP contribution in [0.15, 0.2) is 35.1 Å². The Morgan fingerprint density at radius 3 is 2.53 bits per heavy atom. The van der Waals surface area contributed by atoms with Gasteiger partial charge in [0.2, 0.25) is 0 Å². The normalized spacial score (nSPS) is 11.7. The standard InChI is InChI=1S/C20H17N3O6.BrH/c1-29-16-9-13-12(8-15(16)24)18-17(19(13)25)11-4-3-10(23(27)28)7-14(11)20(26)22(18)6-2-5-21;/h3-4,7-9,24H,2,5-6,21H2,1H3;1H. The van der Waals surface area contributed by atoms with Crippen molar-refractivity contribution in [3.63, 3.8) is 0 Å². The molecule has 0 bridgehead atoms. The smallest absolute Gasteiger partial charge is 0.270 e. The van der Waals surface area contributed by atoms with Gasteiger partial charge in [-0.3, -0.25) is 19.7 Å². The fraction of sp³-hybridized carbons (Fsp3) is 0.200. The number of halogens is 1. The highest BCUT2D eigenvalue weighted by Crippen LogP contribution is 2.44. The van der Waals surface area contributed by atoms with E-state index in [9.17, 15) is 24.8 Å². The van der Waals surface area contributed by atoms with Crippen LogP contribution in [0.1, 0.15) is 22.3 Å². The summed E-state index contributed by atoms with van der Waals surface area (Å²) in [6.07, 6.45) is 0.471. The van der Waals surface area contributed by atoms with Crippen molar-refractivity contribution in [2.75, 3.05) is 13.7 Å². The summed E-state index contributed by atoms with van der Waals surface area (Å²) in [5, 5.41) is 21.8. The number of methoxy groups -OCH3 is 1. The van der Waals surface area contributed by atoms with Crippen LogP contribution in [-0.2, 0) is 6.54 Å². The van der Waals surface area contributed by atoms with Gasteiger partial charge in [0.05, 0.1) is 28.7 Å². The van der Waals surface area contributed by atoms with Gasteiger partial charge in [0, 0.05) is 35.2 Å². The molecule has 1 aliphatic carbocycles. The number of non-ortho nitro benzene ring substituents is 1. The van der Waals surface area contributed by atoms with E-state index in [4.69, 9.17) is 10.5 Å². The monoisotopic (exact) mass is 475 g/mol. The quantitative estimate of drug-likeness (QED) is 0.334. The van der Waals surface area contributed by atoms with Crippen LogP contribution in [0.2, 0.25) is 0 Å². The number of carbonyl (C=O) groups excluding carboxylic acids is 1. The average molecular weight is 476 g/mol. The van der Waals surface area contributed by atoms with Gasteiger partial charge in [-0.25, -0.2) is 0 Å². The van der Waals surface area contributed by atoms with E-state index in [1.165, 1.54) is 42.0 Å². The zero-order valence-corrected chi connectivity index (χ0v) is 17.6. The fourth-order valence-corrected chi connectivity index (χ4v) is 3.77. The minimum absolute atomic E-state index is 0. The topological polar surface area (TPSA) is 138 Å². The number of pyridine rings is 1. The molecule has 0 aliphatic heterocycles. The molecule has 3 aromatic rings. The van der Waals surface area contributed by atoms with Crippen LogP contribution >= 0.6 is 17.0 Å². The van der Waals surface area contributed by atoms with Gasteiger partial charge in [-0.15, -0.1) is 17.0 Å². The number of nitro benzene ring substituents is 1. The van der Waals surface area contributed by atoms with Crippen LogP contribution in [-0.4, -0.2) is 34.0 Å². The number of phenols is 1. The van der Waals surface area contributed by atoms with Gasteiger partial charge in [0.1, 0.15) is 0 Å². The number of fused-ring (bicyclic) bond motifs is 5. The van der Waals surface area contributed by atoms with E-state index in [2.05, 4.69) is 0 Å². The summed E-state index contributed by atoms with van der Waals surface area (Å²) in [4.78, 5) is 37.0.